The minimum Gasteiger partial charge on any atom is -0.364 e. The molecule has 3 aliphatic rings. The third kappa shape index (κ3) is 1.29. The molecule has 3 unspecified atom stereocenters. The molecule has 0 radical (unpaired) electrons. The fourth-order valence-corrected chi connectivity index (χ4v) is 3.66. The molecule has 2 heterocycles. The van der Waals surface area contributed by atoms with E-state index < -0.39 is 11.4 Å². The Kier molecular flexibility index (Phi) is 2.17. The number of hydroxylamine groups is 4. The van der Waals surface area contributed by atoms with E-state index in [0.717, 1.165) is 12.8 Å². The molecule has 4 atom stereocenters. The summed E-state index contributed by atoms with van der Waals surface area (Å²) in [6, 6.07) is 0.382. The largest absolute Gasteiger partial charge is 0.364 e. The fourth-order valence-electron chi connectivity index (χ4n) is 3.66. The zero-order valence-electron chi connectivity index (χ0n) is 9.89. The Morgan fingerprint density at radius 1 is 1.19 bits per heavy atom. The summed E-state index contributed by atoms with van der Waals surface area (Å²) in [5.74, 6) is -1.15. The van der Waals surface area contributed by atoms with Gasteiger partial charge in [0.1, 0.15) is 5.66 Å². The van der Waals surface area contributed by atoms with Crippen molar-refractivity contribution in [2.45, 2.75) is 69.5 Å². The van der Waals surface area contributed by atoms with E-state index in [-0.39, 0.29) is 12.1 Å². The van der Waals surface area contributed by atoms with Crippen LogP contribution in [-0.4, -0.2) is 44.0 Å². The normalized spacial score (nSPS) is 54.0. The maximum absolute atomic E-state index is 10.3. The lowest BCUT2D eigenvalue weighted by atomic mass is 9.91. The van der Waals surface area contributed by atoms with E-state index in [2.05, 4.69) is 0 Å². The minimum absolute atomic E-state index is 0.162. The molecular formula is C11H20N2O3. The second kappa shape index (κ2) is 3.17. The van der Waals surface area contributed by atoms with Crippen molar-refractivity contribution >= 4 is 0 Å². The highest BCUT2D eigenvalue weighted by molar-refractivity contribution is 5.04. The third-order valence-electron chi connectivity index (χ3n) is 4.24. The SMILES string of the molecule is CC1(O)C[C@]2(C)N(O)C3CCCCC3N2O1. The van der Waals surface area contributed by atoms with Crippen LogP contribution in [0.4, 0.5) is 0 Å². The van der Waals surface area contributed by atoms with Gasteiger partial charge >= 0.3 is 0 Å². The molecule has 5 nitrogen and oxygen atoms in total. The summed E-state index contributed by atoms with van der Waals surface area (Å²) in [5.41, 5.74) is -0.566. The lowest BCUT2D eigenvalue weighted by Crippen LogP contribution is -2.47. The smallest absolute Gasteiger partial charge is 0.185 e. The molecule has 92 valence electrons. The van der Waals surface area contributed by atoms with Gasteiger partial charge in [-0.2, -0.15) is 10.1 Å². The Hall–Kier alpha value is -0.200. The van der Waals surface area contributed by atoms with Crippen LogP contribution in [0.3, 0.4) is 0 Å². The van der Waals surface area contributed by atoms with Gasteiger partial charge in [-0.3, -0.25) is 4.84 Å². The maximum atomic E-state index is 10.3. The lowest BCUT2D eigenvalue weighted by Gasteiger charge is -2.32. The Bertz CT molecular complexity index is 310. The Morgan fingerprint density at radius 2 is 1.81 bits per heavy atom. The zero-order valence-corrected chi connectivity index (χ0v) is 9.89. The van der Waals surface area contributed by atoms with Crippen LogP contribution in [-0.2, 0) is 4.84 Å². The zero-order chi connectivity index (χ0) is 11.6. The standard InChI is InChI=1S/C11H20N2O3/c1-10-7-11(2,14)16-13(10)9-6-4-3-5-8(9)12(10)15/h8-9,14-15H,3-7H2,1-2H3/t8?,9?,10-,11?/m1/s1. The molecule has 3 rings (SSSR count). The third-order valence-corrected chi connectivity index (χ3v) is 4.24. The number of fused-ring (bicyclic) bond motifs is 3. The van der Waals surface area contributed by atoms with Crippen LogP contribution < -0.4 is 0 Å². The second-order valence-corrected chi connectivity index (χ2v) is 5.75. The summed E-state index contributed by atoms with van der Waals surface area (Å²) in [7, 11) is 0. The molecule has 0 aromatic rings. The average molecular weight is 228 g/mol. The molecule has 0 aromatic carbocycles. The minimum atomic E-state index is -1.15. The average Bonchev–Trinajstić information content (AvgIpc) is 2.57. The number of hydrogen-bond acceptors (Lipinski definition) is 5. The van der Waals surface area contributed by atoms with E-state index in [1.165, 1.54) is 17.9 Å². The van der Waals surface area contributed by atoms with Crippen LogP contribution in [0.15, 0.2) is 0 Å². The molecule has 1 aliphatic carbocycles. The van der Waals surface area contributed by atoms with Gasteiger partial charge < -0.3 is 10.3 Å². The van der Waals surface area contributed by atoms with Crippen molar-refractivity contribution in [2.24, 2.45) is 0 Å². The summed E-state index contributed by atoms with van der Waals surface area (Å²) in [6.07, 6.45) is 4.81. The van der Waals surface area contributed by atoms with Crippen molar-refractivity contribution in [3.63, 3.8) is 0 Å². The van der Waals surface area contributed by atoms with Gasteiger partial charge in [-0.15, -0.1) is 0 Å². The van der Waals surface area contributed by atoms with Gasteiger partial charge in [0.2, 0.25) is 0 Å². The van der Waals surface area contributed by atoms with Gasteiger partial charge in [0.05, 0.1) is 12.1 Å². The molecule has 16 heavy (non-hydrogen) atoms. The van der Waals surface area contributed by atoms with Crippen molar-refractivity contribution in [3.05, 3.63) is 0 Å². The topological polar surface area (TPSA) is 56.2 Å². The highest BCUT2D eigenvalue weighted by Gasteiger charge is 2.63. The molecule has 0 aromatic heterocycles. The summed E-state index contributed by atoms with van der Waals surface area (Å²) in [6.45, 7) is 3.59. The van der Waals surface area contributed by atoms with Gasteiger partial charge in [-0.25, -0.2) is 0 Å². The van der Waals surface area contributed by atoms with Crippen molar-refractivity contribution in [1.29, 1.82) is 0 Å². The van der Waals surface area contributed by atoms with Gasteiger partial charge in [0, 0.05) is 6.42 Å². The van der Waals surface area contributed by atoms with E-state index in [4.69, 9.17) is 4.84 Å². The van der Waals surface area contributed by atoms with Crippen LogP contribution in [0, 0.1) is 0 Å². The summed E-state index contributed by atoms with van der Waals surface area (Å²) in [5, 5.41) is 23.5. The van der Waals surface area contributed by atoms with E-state index in [1.807, 2.05) is 12.0 Å². The van der Waals surface area contributed by atoms with Crippen LogP contribution in [0.1, 0.15) is 46.0 Å². The fraction of sp³-hybridized carbons (Fsp3) is 1.00. The van der Waals surface area contributed by atoms with Crippen LogP contribution in [0.5, 0.6) is 0 Å². The number of aliphatic hydroxyl groups is 1. The number of nitrogens with zero attached hydrogens (tertiary/aromatic N) is 2. The molecule has 3 fully saturated rings. The predicted molar refractivity (Wildman–Crippen MR) is 56.2 cm³/mol. The molecule has 1 saturated carbocycles. The molecule has 0 spiro atoms. The molecular weight excluding hydrogens is 208 g/mol. The number of hydrogen-bond donors (Lipinski definition) is 2. The van der Waals surface area contributed by atoms with Crippen LogP contribution in [0.25, 0.3) is 0 Å². The molecule has 0 bridgehead atoms. The number of rotatable bonds is 0. The van der Waals surface area contributed by atoms with E-state index in [0.29, 0.717) is 6.42 Å². The van der Waals surface area contributed by atoms with Crippen molar-refractivity contribution in [1.82, 2.24) is 10.1 Å². The molecule has 2 saturated heterocycles. The van der Waals surface area contributed by atoms with Gasteiger partial charge in [0.15, 0.2) is 5.79 Å². The first-order chi connectivity index (χ1) is 7.44. The quantitative estimate of drug-likeness (QED) is 0.649. The van der Waals surface area contributed by atoms with Crippen molar-refractivity contribution < 1.29 is 15.2 Å². The van der Waals surface area contributed by atoms with E-state index in [1.54, 1.807) is 6.92 Å². The highest BCUT2D eigenvalue weighted by atomic mass is 16.8. The molecule has 0 amide bonds. The summed E-state index contributed by atoms with van der Waals surface area (Å²) < 4.78 is 0. The first-order valence-electron chi connectivity index (χ1n) is 6.13. The molecule has 2 N–H and O–H groups in total. The van der Waals surface area contributed by atoms with Gasteiger partial charge in [-0.05, 0) is 26.7 Å². The Morgan fingerprint density at radius 3 is 2.50 bits per heavy atom. The summed E-state index contributed by atoms with van der Waals surface area (Å²) >= 11 is 0. The van der Waals surface area contributed by atoms with E-state index >= 15 is 0 Å². The molecule has 2 aliphatic heterocycles. The monoisotopic (exact) mass is 228 g/mol. The van der Waals surface area contributed by atoms with E-state index in [9.17, 15) is 10.3 Å². The first-order valence-corrected chi connectivity index (χ1v) is 6.13. The first kappa shape index (κ1) is 10.9. The second-order valence-electron chi connectivity index (χ2n) is 5.75. The summed E-state index contributed by atoms with van der Waals surface area (Å²) in [4.78, 5) is 5.60. The van der Waals surface area contributed by atoms with Crippen LogP contribution >= 0.6 is 0 Å². The lowest BCUT2D eigenvalue weighted by molar-refractivity contribution is -0.300. The Balaban J connectivity index is 1.93. The van der Waals surface area contributed by atoms with Crippen LogP contribution in [0.2, 0.25) is 0 Å². The maximum Gasteiger partial charge on any atom is 0.185 e. The van der Waals surface area contributed by atoms with Gasteiger partial charge in [-0.1, -0.05) is 12.8 Å². The molecule has 5 heteroatoms. The van der Waals surface area contributed by atoms with Crippen molar-refractivity contribution in [2.75, 3.05) is 0 Å². The Labute approximate surface area is 95.5 Å². The van der Waals surface area contributed by atoms with Crippen molar-refractivity contribution in [3.8, 4) is 0 Å². The van der Waals surface area contributed by atoms with Gasteiger partial charge in [0.25, 0.3) is 0 Å². The predicted octanol–water partition coefficient (Wildman–Crippen LogP) is 1.06. The highest BCUT2D eigenvalue weighted by Crippen LogP contribution is 2.49.